The van der Waals surface area contributed by atoms with E-state index in [0.29, 0.717) is 19.3 Å². The molecule has 0 aliphatic carbocycles. The second-order valence-electron chi connectivity index (χ2n) is 20.9. The van der Waals surface area contributed by atoms with Gasteiger partial charge in [0.2, 0.25) is 0 Å². The molecule has 0 spiro atoms. The largest absolute Gasteiger partial charge is 0.462 e. The molecule has 0 N–H and O–H groups in total. The number of esters is 3. The molecule has 0 aliphatic heterocycles. The third-order valence-electron chi connectivity index (χ3n) is 13.3. The molecular weight excluding hydrogens is 973 g/mol. The molecule has 79 heavy (non-hydrogen) atoms. The lowest BCUT2D eigenvalue weighted by Gasteiger charge is -2.18. The monoisotopic (exact) mass is 1090 g/mol. The van der Waals surface area contributed by atoms with E-state index in [2.05, 4.69) is 154 Å². The third kappa shape index (κ3) is 64.0. The Balaban J connectivity index is 4.53. The van der Waals surface area contributed by atoms with Crippen LogP contribution in [-0.2, 0) is 28.6 Å². The highest BCUT2D eigenvalue weighted by atomic mass is 16.6. The molecule has 0 aromatic carbocycles. The topological polar surface area (TPSA) is 78.9 Å². The number of ether oxygens (including phenoxy) is 3. The fraction of sp³-hybridized carbons (Fsp3) is 0.630. The molecule has 0 amide bonds. The highest BCUT2D eigenvalue weighted by Crippen LogP contribution is 2.15. The molecule has 0 fully saturated rings. The molecule has 1 unspecified atom stereocenters. The van der Waals surface area contributed by atoms with E-state index >= 15 is 0 Å². The van der Waals surface area contributed by atoms with Crippen molar-refractivity contribution in [1.82, 2.24) is 0 Å². The molecule has 0 saturated carbocycles. The second kappa shape index (κ2) is 65.8. The van der Waals surface area contributed by atoms with Gasteiger partial charge in [0.15, 0.2) is 6.10 Å². The van der Waals surface area contributed by atoms with E-state index in [1.165, 1.54) is 116 Å². The number of allylic oxidation sites excluding steroid dienone is 24. The van der Waals surface area contributed by atoms with Gasteiger partial charge in [0, 0.05) is 19.3 Å². The summed E-state index contributed by atoms with van der Waals surface area (Å²) >= 11 is 0. The van der Waals surface area contributed by atoms with Crippen molar-refractivity contribution in [2.45, 2.75) is 284 Å². The first kappa shape index (κ1) is 74.3. The van der Waals surface area contributed by atoms with E-state index in [1.54, 1.807) is 0 Å². The molecular formula is C73H118O6. The smallest absolute Gasteiger partial charge is 0.306 e. The van der Waals surface area contributed by atoms with Crippen molar-refractivity contribution in [2.75, 3.05) is 13.2 Å². The lowest BCUT2D eigenvalue weighted by molar-refractivity contribution is -0.166. The minimum atomic E-state index is -0.841. The summed E-state index contributed by atoms with van der Waals surface area (Å²) < 4.78 is 16.8. The summed E-state index contributed by atoms with van der Waals surface area (Å²) in [7, 11) is 0. The van der Waals surface area contributed by atoms with Gasteiger partial charge in [-0.25, -0.2) is 0 Å². The molecule has 0 radical (unpaired) electrons. The molecule has 0 heterocycles. The maximum Gasteiger partial charge on any atom is 0.306 e. The molecule has 0 saturated heterocycles. The second-order valence-corrected chi connectivity index (χ2v) is 20.9. The van der Waals surface area contributed by atoms with Gasteiger partial charge >= 0.3 is 17.9 Å². The van der Waals surface area contributed by atoms with Gasteiger partial charge in [0.1, 0.15) is 13.2 Å². The maximum atomic E-state index is 12.9. The Bertz CT molecular complexity index is 1730. The van der Waals surface area contributed by atoms with Gasteiger partial charge in [0.25, 0.3) is 0 Å². The third-order valence-corrected chi connectivity index (χ3v) is 13.3. The van der Waals surface area contributed by atoms with Gasteiger partial charge in [-0.1, -0.05) is 276 Å². The van der Waals surface area contributed by atoms with E-state index < -0.39 is 12.1 Å². The fourth-order valence-electron chi connectivity index (χ4n) is 8.55. The normalized spacial score (nSPS) is 13.1. The molecule has 0 aliphatic rings. The minimum Gasteiger partial charge on any atom is -0.462 e. The van der Waals surface area contributed by atoms with Crippen LogP contribution in [0.2, 0.25) is 0 Å². The van der Waals surface area contributed by atoms with Gasteiger partial charge < -0.3 is 14.2 Å². The summed E-state index contributed by atoms with van der Waals surface area (Å²) in [5.41, 5.74) is 0. The van der Waals surface area contributed by atoms with Crippen molar-refractivity contribution in [3.05, 3.63) is 146 Å². The van der Waals surface area contributed by atoms with Crippen molar-refractivity contribution in [1.29, 1.82) is 0 Å². The zero-order chi connectivity index (χ0) is 57.1. The standard InChI is InChI=1S/C73H118O6/c1-4-7-10-13-16-19-22-25-28-31-34-35-36-37-40-42-45-48-51-54-57-60-63-66-72(75)78-69-70(79-73(76)67-64-61-58-55-52-49-46-43-39-33-30-27-24-21-18-15-12-9-6-3)68-77-71(74)65-62-59-56-53-50-47-44-41-38-32-29-26-23-20-17-14-11-8-5-2/h8-9,11-12,17-18,20-21,26-27,29-31,34,38-39,41,43,47,49-50,52,58,61,70H,4-7,10,13-16,19,22-25,28,32-33,35-37,40,42,44-46,48,51,53-57,59-60,62-69H2,1-3H3/b11-8-,12-9-,20-17-,21-18-,29-26-,30-27-,34-31-,41-38-,43-39-,50-47-,52-49-,61-58-. The number of rotatable bonds is 57. The van der Waals surface area contributed by atoms with E-state index in [4.69, 9.17) is 14.2 Å². The van der Waals surface area contributed by atoms with E-state index in [1.807, 2.05) is 12.2 Å². The lowest BCUT2D eigenvalue weighted by atomic mass is 10.0. The van der Waals surface area contributed by atoms with E-state index in [0.717, 1.165) is 116 Å². The van der Waals surface area contributed by atoms with Crippen LogP contribution in [0.15, 0.2) is 146 Å². The Kier molecular flexibility index (Phi) is 61.9. The van der Waals surface area contributed by atoms with Gasteiger partial charge in [-0.15, -0.1) is 0 Å². The van der Waals surface area contributed by atoms with Crippen LogP contribution in [0.3, 0.4) is 0 Å². The Morgan fingerprint density at radius 1 is 0.266 bits per heavy atom. The zero-order valence-corrected chi connectivity index (χ0v) is 51.1. The molecule has 1 atom stereocenters. The summed E-state index contributed by atoms with van der Waals surface area (Å²) in [6.07, 6.45) is 94.4. The summed E-state index contributed by atoms with van der Waals surface area (Å²) in [6, 6.07) is 0. The molecule has 6 nitrogen and oxygen atoms in total. The number of unbranched alkanes of at least 4 members (excludes halogenated alkanes) is 22. The molecule has 0 aromatic heterocycles. The van der Waals surface area contributed by atoms with Crippen molar-refractivity contribution < 1.29 is 28.6 Å². The average molecular weight is 1090 g/mol. The number of carbonyl (C=O) groups excluding carboxylic acids is 3. The fourth-order valence-corrected chi connectivity index (χ4v) is 8.55. The quantitative estimate of drug-likeness (QED) is 0.0261. The van der Waals surface area contributed by atoms with Crippen LogP contribution >= 0.6 is 0 Å². The highest BCUT2D eigenvalue weighted by Gasteiger charge is 2.19. The van der Waals surface area contributed by atoms with Gasteiger partial charge in [-0.3, -0.25) is 14.4 Å². The van der Waals surface area contributed by atoms with Crippen molar-refractivity contribution in [3.8, 4) is 0 Å². The Hall–Kier alpha value is -4.71. The van der Waals surface area contributed by atoms with Gasteiger partial charge in [0.05, 0.1) is 0 Å². The molecule has 6 heteroatoms. The lowest BCUT2D eigenvalue weighted by Crippen LogP contribution is -2.30. The maximum absolute atomic E-state index is 12.9. The van der Waals surface area contributed by atoms with Crippen molar-refractivity contribution in [3.63, 3.8) is 0 Å². The number of hydrogen-bond donors (Lipinski definition) is 0. The zero-order valence-electron chi connectivity index (χ0n) is 51.1. The van der Waals surface area contributed by atoms with Crippen LogP contribution in [0.5, 0.6) is 0 Å². The van der Waals surface area contributed by atoms with Crippen LogP contribution in [-0.4, -0.2) is 37.2 Å². The van der Waals surface area contributed by atoms with Crippen LogP contribution in [0.1, 0.15) is 278 Å². The van der Waals surface area contributed by atoms with Gasteiger partial charge in [-0.05, 0) is 128 Å². The predicted molar refractivity (Wildman–Crippen MR) is 343 cm³/mol. The SMILES string of the molecule is CC/C=C\C/C=C\C/C=C\C/C=C\C/C=C\C/C=C\CCC(=O)OC(COC(=O)CCCCC/C=C\C/C=C\C/C=C\C/C=C\C/C=C\CC)COC(=O)CCCCCCCCCCCCC/C=C\CCCCCCCCCC. The molecule has 446 valence electrons. The summed E-state index contributed by atoms with van der Waals surface area (Å²) in [5.74, 6) is -1.04. The Morgan fingerprint density at radius 2 is 0.519 bits per heavy atom. The molecule has 0 bridgehead atoms. The highest BCUT2D eigenvalue weighted by molar-refractivity contribution is 5.71. The van der Waals surface area contributed by atoms with Crippen molar-refractivity contribution in [2.24, 2.45) is 0 Å². The first-order valence-corrected chi connectivity index (χ1v) is 32.3. The van der Waals surface area contributed by atoms with Crippen LogP contribution in [0, 0.1) is 0 Å². The van der Waals surface area contributed by atoms with Crippen molar-refractivity contribution >= 4 is 17.9 Å². The van der Waals surface area contributed by atoms with Gasteiger partial charge in [-0.2, -0.15) is 0 Å². The van der Waals surface area contributed by atoms with E-state index in [-0.39, 0.29) is 31.6 Å². The summed E-state index contributed by atoms with van der Waals surface area (Å²) in [5, 5.41) is 0. The summed E-state index contributed by atoms with van der Waals surface area (Å²) in [4.78, 5) is 38.3. The Labute approximate surface area is 487 Å². The molecule has 0 aromatic rings. The predicted octanol–water partition coefficient (Wildman–Crippen LogP) is 22.3. The van der Waals surface area contributed by atoms with Crippen LogP contribution in [0.25, 0.3) is 0 Å². The minimum absolute atomic E-state index is 0.124. The van der Waals surface area contributed by atoms with E-state index in [9.17, 15) is 14.4 Å². The first-order valence-electron chi connectivity index (χ1n) is 32.3. The van der Waals surface area contributed by atoms with Crippen LogP contribution < -0.4 is 0 Å². The summed E-state index contributed by atoms with van der Waals surface area (Å²) in [6.45, 7) is 6.33. The molecule has 0 rings (SSSR count). The number of hydrogen-bond acceptors (Lipinski definition) is 6. The average Bonchev–Trinajstić information content (AvgIpc) is 3.45. The number of carbonyl (C=O) groups is 3. The Morgan fingerprint density at radius 3 is 0.848 bits per heavy atom. The first-order chi connectivity index (χ1) is 39.0. The van der Waals surface area contributed by atoms with Crippen LogP contribution in [0.4, 0.5) is 0 Å².